The Kier molecular flexibility index (Phi) is 65.4. The van der Waals surface area contributed by atoms with Gasteiger partial charge in [0.2, 0.25) is 5.91 Å². The van der Waals surface area contributed by atoms with Crippen molar-refractivity contribution in [3.63, 3.8) is 0 Å². The van der Waals surface area contributed by atoms with Crippen molar-refractivity contribution >= 4 is 11.9 Å². The van der Waals surface area contributed by atoms with Crippen LogP contribution in [0.25, 0.3) is 0 Å². The Hall–Kier alpha value is -1.14. The summed E-state index contributed by atoms with van der Waals surface area (Å²) in [5, 5.41) is 23.4. The second-order valence-corrected chi connectivity index (χ2v) is 24.6. The number of amides is 1. The minimum Gasteiger partial charge on any atom is -0.466 e. The van der Waals surface area contributed by atoms with Gasteiger partial charge in [0.15, 0.2) is 0 Å². The molecule has 2 unspecified atom stereocenters. The summed E-state index contributed by atoms with van der Waals surface area (Å²) >= 11 is 0. The second-order valence-electron chi connectivity index (χ2n) is 24.6. The van der Waals surface area contributed by atoms with Crippen molar-refractivity contribution in [3.8, 4) is 0 Å². The number of carbonyl (C=O) groups excluding carboxylic acids is 2. The van der Waals surface area contributed by atoms with E-state index in [1.165, 1.54) is 340 Å². The molecule has 1 amide bonds. The van der Waals surface area contributed by atoms with Crippen LogP contribution >= 0.6 is 0 Å². The molecule has 0 bridgehead atoms. The summed E-state index contributed by atoms with van der Waals surface area (Å²) < 4.78 is 5.50. The number of hydrogen-bond donors (Lipinski definition) is 3. The predicted octanol–water partition coefficient (Wildman–Crippen LogP) is 22.6. The number of carbonyl (C=O) groups is 2. The Bertz CT molecular complexity index is 1100. The van der Waals surface area contributed by atoms with Gasteiger partial charge in [-0.25, -0.2) is 0 Å². The first-order valence-electron chi connectivity index (χ1n) is 35.3. The molecule has 0 aromatic carbocycles. The number of aliphatic hydroxyl groups is 2. The van der Waals surface area contributed by atoms with Gasteiger partial charge in [0.05, 0.1) is 25.4 Å². The van der Waals surface area contributed by atoms with Crippen LogP contribution in [-0.4, -0.2) is 47.4 Å². The zero-order valence-electron chi connectivity index (χ0n) is 52.0. The maximum absolute atomic E-state index is 12.6. The van der Waals surface area contributed by atoms with Crippen LogP contribution in [0.3, 0.4) is 0 Å². The van der Waals surface area contributed by atoms with Gasteiger partial charge in [-0.1, -0.05) is 373 Å². The van der Waals surface area contributed by atoms with E-state index in [-0.39, 0.29) is 18.5 Å². The Morgan fingerprint density at radius 3 is 0.803 bits per heavy atom. The van der Waals surface area contributed by atoms with Crippen LogP contribution in [0.15, 0.2) is 0 Å². The van der Waals surface area contributed by atoms with Gasteiger partial charge < -0.3 is 20.3 Å². The van der Waals surface area contributed by atoms with Crippen molar-refractivity contribution in [3.05, 3.63) is 0 Å². The van der Waals surface area contributed by atoms with Crippen molar-refractivity contribution in [2.24, 2.45) is 0 Å². The molecule has 0 aromatic heterocycles. The monoisotopic (exact) mass is 1070 g/mol. The highest BCUT2D eigenvalue weighted by Gasteiger charge is 2.20. The quantitative estimate of drug-likeness (QED) is 0.0417. The Labute approximate surface area is 476 Å². The minimum atomic E-state index is -0.665. The third-order valence-corrected chi connectivity index (χ3v) is 16.9. The van der Waals surface area contributed by atoms with Crippen LogP contribution < -0.4 is 5.32 Å². The van der Waals surface area contributed by atoms with Crippen molar-refractivity contribution in [2.75, 3.05) is 13.2 Å². The normalized spacial score (nSPS) is 12.4. The van der Waals surface area contributed by atoms with Crippen molar-refractivity contribution in [1.82, 2.24) is 5.32 Å². The topological polar surface area (TPSA) is 95.9 Å². The molecule has 0 aromatic rings. The van der Waals surface area contributed by atoms with Gasteiger partial charge in [0.25, 0.3) is 0 Å². The summed E-state index contributed by atoms with van der Waals surface area (Å²) in [6, 6.07) is -0.542. The largest absolute Gasteiger partial charge is 0.466 e. The van der Waals surface area contributed by atoms with E-state index in [1.807, 2.05) is 0 Å². The fraction of sp³-hybridized carbons (Fsp3) is 0.971. The molecular weight excluding hydrogens is 935 g/mol. The first-order chi connectivity index (χ1) is 37.5. The fourth-order valence-electron chi connectivity index (χ4n) is 11.5. The van der Waals surface area contributed by atoms with Gasteiger partial charge in [-0.2, -0.15) is 0 Å². The second kappa shape index (κ2) is 66.4. The highest BCUT2D eigenvalue weighted by atomic mass is 16.5. The fourth-order valence-corrected chi connectivity index (χ4v) is 11.5. The number of nitrogens with one attached hydrogen (secondary N) is 1. The molecule has 0 saturated carbocycles. The van der Waals surface area contributed by atoms with Crippen LogP contribution in [0.4, 0.5) is 0 Å². The molecule has 2 atom stereocenters. The Morgan fingerprint density at radius 2 is 0.539 bits per heavy atom. The zero-order valence-corrected chi connectivity index (χ0v) is 52.0. The lowest BCUT2D eigenvalue weighted by Gasteiger charge is -2.22. The van der Waals surface area contributed by atoms with E-state index in [9.17, 15) is 19.8 Å². The van der Waals surface area contributed by atoms with Gasteiger partial charge in [-0.05, 0) is 25.7 Å². The van der Waals surface area contributed by atoms with E-state index in [2.05, 4.69) is 19.2 Å². The first kappa shape index (κ1) is 74.9. The van der Waals surface area contributed by atoms with Gasteiger partial charge in [0, 0.05) is 12.8 Å². The van der Waals surface area contributed by atoms with Crippen LogP contribution in [-0.2, 0) is 14.3 Å². The summed E-state index contributed by atoms with van der Waals surface area (Å²) in [6.07, 6.45) is 80.0. The molecule has 0 spiro atoms. The average Bonchev–Trinajstić information content (AvgIpc) is 3.42. The number of unbranched alkanes of at least 4 members (excludes halogenated alkanes) is 56. The summed E-state index contributed by atoms with van der Waals surface area (Å²) in [7, 11) is 0. The smallest absolute Gasteiger partial charge is 0.305 e. The minimum absolute atomic E-state index is 0.0166. The van der Waals surface area contributed by atoms with Gasteiger partial charge >= 0.3 is 5.97 Å². The van der Waals surface area contributed by atoms with Crippen molar-refractivity contribution in [1.29, 1.82) is 0 Å². The number of aliphatic hydroxyl groups excluding tert-OH is 2. The summed E-state index contributed by atoms with van der Waals surface area (Å²) in [5.41, 5.74) is 0. The lowest BCUT2D eigenvalue weighted by atomic mass is 10.0. The molecule has 0 aliphatic heterocycles. The van der Waals surface area contributed by atoms with E-state index in [0.717, 1.165) is 38.5 Å². The molecule has 0 radical (unpaired) electrons. The molecule has 0 aliphatic carbocycles. The van der Waals surface area contributed by atoms with E-state index in [4.69, 9.17) is 4.74 Å². The van der Waals surface area contributed by atoms with Gasteiger partial charge in [-0.15, -0.1) is 0 Å². The predicted molar refractivity (Wildman–Crippen MR) is 334 cm³/mol. The number of hydrogen-bond acceptors (Lipinski definition) is 5. The first-order valence-corrected chi connectivity index (χ1v) is 35.3. The molecule has 0 heterocycles. The lowest BCUT2D eigenvalue weighted by Crippen LogP contribution is -2.45. The molecule has 3 N–H and O–H groups in total. The lowest BCUT2D eigenvalue weighted by molar-refractivity contribution is -0.143. The summed E-state index contributed by atoms with van der Waals surface area (Å²) in [4.78, 5) is 24.6. The molecule has 6 heteroatoms. The molecule has 0 rings (SSSR count). The van der Waals surface area contributed by atoms with Crippen molar-refractivity contribution in [2.45, 2.75) is 424 Å². The van der Waals surface area contributed by atoms with Crippen LogP contribution in [0.2, 0.25) is 0 Å². The number of ether oxygens (including phenoxy) is 1. The maximum Gasteiger partial charge on any atom is 0.305 e. The third kappa shape index (κ3) is 62.1. The number of esters is 1. The Morgan fingerprint density at radius 1 is 0.316 bits per heavy atom. The highest BCUT2D eigenvalue weighted by molar-refractivity contribution is 5.76. The third-order valence-electron chi connectivity index (χ3n) is 16.9. The Balaban J connectivity index is 3.37. The molecule has 454 valence electrons. The molecule has 76 heavy (non-hydrogen) atoms. The van der Waals surface area contributed by atoms with Gasteiger partial charge in [0.1, 0.15) is 0 Å². The van der Waals surface area contributed by atoms with Crippen LogP contribution in [0, 0.1) is 0 Å². The SMILES string of the molecule is CCCCCCCCCCCCCCCCCCCCCCCCCC(O)C(CO)NC(=O)CCCCCCCCCCCCCCCCCCCCCCCOC(=O)CCCCCCCCCCCCCCCCC. The molecule has 0 aliphatic rings. The maximum atomic E-state index is 12.6. The van der Waals surface area contributed by atoms with E-state index >= 15 is 0 Å². The van der Waals surface area contributed by atoms with E-state index in [0.29, 0.717) is 25.9 Å². The molecular formula is C70H139NO5. The molecule has 6 nitrogen and oxygen atoms in total. The number of rotatable bonds is 67. The highest BCUT2D eigenvalue weighted by Crippen LogP contribution is 2.20. The summed E-state index contributed by atoms with van der Waals surface area (Å²) in [5.74, 6) is -0.0135. The van der Waals surface area contributed by atoms with Gasteiger partial charge in [-0.3, -0.25) is 9.59 Å². The van der Waals surface area contributed by atoms with E-state index in [1.54, 1.807) is 0 Å². The molecule has 0 fully saturated rings. The average molecular weight is 1070 g/mol. The van der Waals surface area contributed by atoms with Crippen LogP contribution in [0.5, 0.6) is 0 Å². The van der Waals surface area contributed by atoms with Crippen molar-refractivity contribution < 1.29 is 24.5 Å². The molecule has 0 saturated heterocycles. The van der Waals surface area contributed by atoms with Crippen LogP contribution in [0.1, 0.15) is 412 Å². The zero-order chi connectivity index (χ0) is 55.0. The van der Waals surface area contributed by atoms with E-state index < -0.39 is 12.1 Å². The standard InChI is InChI=1S/C70H139NO5/c1-3-5-7-9-11-13-15-17-19-20-21-22-23-25-28-31-35-38-42-46-50-54-58-62-68(73)67(66-72)71-69(74)63-59-55-51-47-43-39-36-32-29-26-24-27-30-33-37-41-45-49-53-57-61-65-76-70(75)64-60-56-52-48-44-40-34-18-16-14-12-10-8-6-4-2/h67-68,72-73H,3-66H2,1-2H3,(H,71,74). The summed E-state index contributed by atoms with van der Waals surface area (Å²) in [6.45, 7) is 5.00.